The summed E-state index contributed by atoms with van der Waals surface area (Å²) in [5, 5.41) is 2.25. The van der Waals surface area contributed by atoms with Gasteiger partial charge in [-0.05, 0) is 24.6 Å². The summed E-state index contributed by atoms with van der Waals surface area (Å²) in [6.45, 7) is 3.37. The Balaban J connectivity index is 1.78. The minimum Gasteiger partial charge on any atom is -0.496 e. The minimum absolute atomic E-state index is 0.0631. The van der Waals surface area contributed by atoms with Crippen molar-refractivity contribution < 1.29 is 28.5 Å². The van der Waals surface area contributed by atoms with E-state index >= 15 is 0 Å². The lowest BCUT2D eigenvalue weighted by molar-refractivity contribution is -0.115. The van der Waals surface area contributed by atoms with Gasteiger partial charge in [0.15, 0.2) is 16.6 Å². The van der Waals surface area contributed by atoms with E-state index in [1.807, 2.05) is 31.2 Å². The van der Waals surface area contributed by atoms with Gasteiger partial charge in [0.1, 0.15) is 17.9 Å². The van der Waals surface area contributed by atoms with Crippen LogP contribution in [0.15, 0.2) is 41.8 Å². The van der Waals surface area contributed by atoms with Crippen molar-refractivity contribution in [3.63, 3.8) is 0 Å². The van der Waals surface area contributed by atoms with E-state index in [4.69, 9.17) is 18.9 Å². The van der Waals surface area contributed by atoms with Crippen molar-refractivity contribution in [2.24, 2.45) is 0 Å². The molecule has 0 saturated heterocycles. The van der Waals surface area contributed by atoms with Gasteiger partial charge in [-0.15, -0.1) is 11.3 Å². The molecule has 0 unspecified atom stereocenters. The fourth-order valence-corrected chi connectivity index (χ4v) is 3.94. The number of aryl methyl sites for hydroxylation is 1. The molecule has 0 aliphatic heterocycles. The molecular formula is C23H24N2O6S. The molecule has 1 heterocycles. The average Bonchev–Trinajstić information content (AvgIpc) is 3.24. The zero-order chi connectivity index (χ0) is 23.3. The van der Waals surface area contributed by atoms with E-state index in [9.17, 15) is 9.59 Å². The Bertz CT molecular complexity index is 1130. The second-order valence-electron chi connectivity index (χ2n) is 6.80. The lowest BCUT2D eigenvalue weighted by Crippen LogP contribution is -2.22. The maximum atomic E-state index is 12.7. The van der Waals surface area contributed by atoms with E-state index in [0.717, 1.165) is 11.3 Å². The third-order valence-electron chi connectivity index (χ3n) is 4.58. The second kappa shape index (κ2) is 10.1. The average molecular weight is 457 g/mol. The molecule has 1 aromatic heterocycles. The third-order valence-corrected chi connectivity index (χ3v) is 5.46. The molecule has 168 valence electrons. The number of esters is 1. The van der Waals surface area contributed by atoms with Crippen molar-refractivity contribution >= 4 is 34.0 Å². The summed E-state index contributed by atoms with van der Waals surface area (Å²) in [4.78, 5) is 31.0. The number of methoxy groups -OCH3 is 3. The molecule has 32 heavy (non-hydrogen) atoms. The Labute approximate surface area is 190 Å². The number of anilines is 2. The number of benzene rings is 2. The van der Waals surface area contributed by atoms with Gasteiger partial charge in [-0.2, -0.15) is 0 Å². The zero-order valence-electron chi connectivity index (χ0n) is 18.5. The Morgan fingerprint density at radius 3 is 2.31 bits per heavy atom. The maximum Gasteiger partial charge on any atom is 0.342 e. The molecule has 9 heteroatoms. The second-order valence-corrected chi connectivity index (χ2v) is 7.64. The number of carbonyl (C=O) groups is 2. The third kappa shape index (κ3) is 5.00. The smallest absolute Gasteiger partial charge is 0.342 e. The number of hydrogen-bond acceptors (Lipinski definition) is 8. The van der Waals surface area contributed by atoms with E-state index in [2.05, 4.69) is 4.98 Å². The molecule has 8 nitrogen and oxygen atoms in total. The van der Waals surface area contributed by atoms with Gasteiger partial charge in [0.05, 0.1) is 32.7 Å². The molecule has 0 spiro atoms. The molecule has 0 atom stereocenters. The van der Waals surface area contributed by atoms with Gasteiger partial charge in [-0.1, -0.05) is 12.1 Å². The van der Waals surface area contributed by atoms with Crippen molar-refractivity contribution in [3.05, 3.63) is 58.6 Å². The molecule has 0 fully saturated rings. The van der Waals surface area contributed by atoms with Crippen LogP contribution in [0.3, 0.4) is 0 Å². The van der Waals surface area contributed by atoms with Crippen molar-refractivity contribution in [2.75, 3.05) is 26.2 Å². The Morgan fingerprint density at radius 2 is 1.69 bits per heavy atom. The van der Waals surface area contributed by atoms with Gasteiger partial charge in [-0.3, -0.25) is 9.69 Å². The summed E-state index contributed by atoms with van der Waals surface area (Å²) in [6.07, 6.45) is 0. The van der Waals surface area contributed by atoms with E-state index in [-0.39, 0.29) is 18.1 Å². The molecule has 0 radical (unpaired) electrons. The lowest BCUT2D eigenvalue weighted by atomic mass is 10.1. The summed E-state index contributed by atoms with van der Waals surface area (Å²) in [5.41, 5.74) is 2.48. The predicted molar refractivity (Wildman–Crippen MR) is 121 cm³/mol. The number of carbonyl (C=O) groups excluding carboxylic acids is 2. The standard InChI is InChI=1S/C23H24N2O6S/c1-14-7-6-8-17(9-14)25(15(2)26)23-24-16(13-32-23)12-31-22(27)18-10-20(29-4)21(30-5)11-19(18)28-3/h6-11,13H,12H2,1-5H3. The van der Waals surface area contributed by atoms with E-state index in [1.54, 1.807) is 11.4 Å². The first-order valence-corrected chi connectivity index (χ1v) is 10.5. The van der Waals surface area contributed by atoms with Crippen LogP contribution >= 0.6 is 11.3 Å². The fraction of sp³-hybridized carbons (Fsp3) is 0.261. The van der Waals surface area contributed by atoms with Crippen molar-refractivity contribution in [1.29, 1.82) is 0 Å². The molecule has 0 aliphatic carbocycles. The SMILES string of the molecule is COc1cc(OC)c(C(=O)OCc2csc(N(C(C)=O)c3cccc(C)c3)n2)cc1OC. The van der Waals surface area contributed by atoms with Gasteiger partial charge in [-0.25, -0.2) is 9.78 Å². The Kier molecular flexibility index (Phi) is 7.32. The van der Waals surface area contributed by atoms with Gasteiger partial charge >= 0.3 is 5.97 Å². The normalized spacial score (nSPS) is 10.4. The molecule has 0 aliphatic rings. The molecule has 3 aromatic rings. The molecule has 0 saturated carbocycles. The number of nitrogens with zero attached hydrogens (tertiary/aromatic N) is 2. The fourth-order valence-electron chi connectivity index (χ4n) is 3.07. The largest absolute Gasteiger partial charge is 0.496 e. The summed E-state index contributed by atoms with van der Waals surface area (Å²) < 4.78 is 21.2. The molecule has 1 amide bonds. The highest BCUT2D eigenvalue weighted by molar-refractivity contribution is 7.14. The van der Waals surface area contributed by atoms with Crippen molar-refractivity contribution in [3.8, 4) is 17.2 Å². The molecule has 3 rings (SSSR count). The van der Waals surface area contributed by atoms with Crippen molar-refractivity contribution in [1.82, 2.24) is 4.98 Å². The van der Waals surface area contributed by atoms with Crippen LogP contribution in [0.4, 0.5) is 10.8 Å². The predicted octanol–water partition coefficient (Wildman–Crippen LogP) is 4.52. The summed E-state index contributed by atoms with van der Waals surface area (Å²) in [6, 6.07) is 10.7. The highest BCUT2D eigenvalue weighted by Crippen LogP contribution is 2.35. The number of rotatable bonds is 8. The van der Waals surface area contributed by atoms with Crippen LogP contribution in [0, 0.1) is 6.92 Å². The Hall–Kier alpha value is -3.59. The van der Waals surface area contributed by atoms with E-state index in [1.165, 1.54) is 50.6 Å². The maximum absolute atomic E-state index is 12.7. The van der Waals surface area contributed by atoms with Gasteiger partial charge in [0.2, 0.25) is 5.91 Å². The molecule has 0 bridgehead atoms. The van der Waals surface area contributed by atoms with E-state index < -0.39 is 5.97 Å². The highest BCUT2D eigenvalue weighted by Gasteiger charge is 2.21. The van der Waals surface area contributed by atoms with Gasteiger partial charge < -0.3 is 18.9 Å². The molecule has 0 N–H and O–H groups in total. The topological polar surface area (TPSA) is 87.2 Å². The first-order valence-electron chi connectivity index (χ1n) is 9.66. The lowest BCUT2D eigenvalue weighted by Gasteiger charge is -2.18. The number of aromatic nitrogens is 1. The first-order chi connectivity index (χ1) is 15.4. The van der Waals surface area contributed by atoms with Crippen LogP contribution < -0.4 is 19.1 Å². The van der Waals surface area contributed by atoms with Crippen LogP contribution in [0.5, 0.6) is 17.2 Å². The van der Waals surface area contributed by atoms with Crippen molar-refractivity contribution in [2.45, 2.75) is 20.5 Å². The summed E-state index contributed by atoms with van der Waals surface area (Å²) >= 11 is 1.29. The zero-order valence-corrected chi connectivity index (χ0v) is 19.3. The molecular weight excluding hydrogens is 432 g/mol. The number of hydrogen-bond donors (Lipinski definition) is 0. The first kappa shape index (κ1) is 23.1. The summed E-state index contributed by atoms with van der Waals surface area (Å²) in [7, 11) is 4.42. The monoisotopic (exact) mass is 456 g/mol. The van der Waals surface area contributed by atoms with Crippen LogP contribution in [0.25, 0.3) is 0 Å². The highest BCUT2D eigenvalue weighted by atomic mass is 32.1. The number of amides is 1. The minimum atomic E-state index is -0.598. The summed E-state index contributed by atoms with van der Waals surface area (Å²) in [5.74, 6) is 0.355. The van der Waals surface area contributed by atoms with E-state index in [0.29, 0.717) is 28.1 Å². The molecule has 2 aromatic carbocycles. The number of ether oxygens (including phenoxy) is 4. The van der Waals surface area contributed by atoms with Crippen LogP contribution in [0.1, 0.15) is 28.5 Å². The van der Waals surface area contributed by atoms with Gasteiger partial charge in [0.25, 0.3) is 0 Å². The van der Waals surface area contributed by atoms with Crippen LogP contribution in [-0.2, 0) is 16.1 Å². The number of thiazole rings is 1. The Morgan fingerprint density at radius 1 is 1.00 bits per heavy atom. The van der Waals surface area contributed by atoms with Crippen LogP contribution in [-0.4, -0.2) is 38.2 Å². The van der Waals surface area contributed by atoms with Gasteiger partial charge in [0, 0.05) is 24.4 Å². The quantitative estimate of drug-likeness (QED) is 0.461. The van der Waals surface area contributed by atoms with Crippen LogP contribution in [0.2, 0.25) is 0 Å².